The molecule has 1 radical (unpaired) electrons. The molecule has 0 bridgehead atoms. The molecule has 0 aliphatic rings. The van der Waals surface area contributed by atoms with Gasteiger partial charge in [0.25, 0.3) is 0 Å². The van der Waals surface area contributed by atoms with Crippen molar-refractivity contribution in [3.8, 4) is 0 Å². The lowest BCUT2D eigenvalue weighted by atomic mass is 9.74. The van der Waals surface area contributed by atoms with E-state index in [-0.39, 0.29) is 5.56 Å². The van der Waals surface area contributed by atoms with Gasteiger partial charge in [0.2, 0.25) is 0 Å². The molecule has 0 saturated carbocycles. The van der Waals surface area contributed by atoms with E-state index in [2.05, 4.69) is 4.98 Å². The van der Waals surface area contributed by atoms with Crippen molar-refractivity contribution in [1.29, 1.82) is 0 Å². The first kappa shape index (κ1) is 7.79. The van der Waals surface area contributed by atoms with Crippen LogP contribution in [0, 0.1) is 0 Å². The number of hydrogen-bond donors (Lipinski definition) is 1. The van der Waals surface area contributed by atoms with E-state index in [4.69, 9.17) is 5.11 Å². The zero-order valence-electron chi connectivity index (χ0n) is 6.11. The summed E-state index contributed by atoms with van der Waals surface area (Å²) in [5.41, 5.74) is 1.05. The minimum absolute atomic E-state index is 0.223. The van der Waals surface area contributed by atoms with Crippen LogP contribution >= 0.6 is 0 Å². The van der Waals surface area contributed by atoms with Gasteiger partial charge in [-0.3, -0.25) is 4.98 Å². The maximum atomic E-state index is 10.4. The monoisotopic (exact) mass is 148 g/mol. The van der Waals surface area contributed by atoms with Crippen LogP contribution in [0.2, 0.25) is 6.82 Å². The third-order valence-corrected chi connectivity index (χ3v) is 1.34. The second-order valence-electron chi connectivity index (χ2n) is 2.10. The Hall–Kier alpha value is -1.32. The smallest absolute Gasteiger partial charge is 0.337 e. The third-order valence-electron chi connectivity index (χ3n) is 1.34. The van der Waals surface area contributed by atoms with Gasteiger partial charge in [-0.25, -0.2) is 4.79 Å². The number of rotatable bonds is 2. The number of aromatic nitrogens is 1. The zero-order chi connectivity index (χ0) is 8.27. The largest absolute Gasteiger partial charge is 0.478 e. The minimum Gasteiger partial charge on any atom is -0.478 e. The fraction of sp³-hybridized carbons (Fsp3) is 0.143. The SMILES string of the molecule is C[B]c1cncc(C(=O)O)c1. The molecule has 1 heterocycles. The van der Waals surface area contributed by atoms with Crippen molar-refractivity contribution in [1.82, 2.24) is 4.98 Å². The van der Waals surface area contributed by atoms with Crippen LogP contribution in [0.3, 0.4) is 0 Å². The standard InChI is InChI=1S/C7H7BNO2/c1-8-6-2-5(7(10)11)3-9-4-6/h2-4H,1H3,(H,10,11). The zero-order valence-corrected chi connectivity index (χ0v) is 6.11. The van der Waals surface area contributed by atoms with Gasteiger partial charge in [0.1, 0.15) is 7.28 Å². The summed E-state index contributed by atoms with van der Waals surface area (Å²) in [5.74, 6) is -0.943. The number of hydrogen-bond acceptors (Lipinski definition) is 2. The predicted molar refractivity (Wildman–Crippen MR) is 42.4 cm³/mol. The molecule has 55 valence electrons. The molecule has 0 aromatic carbocycles. The van der Waals surface area contributed by atoms with Crippen molar-refractivity contribution in [2.75, 3.05) is 0 Å². The van der Waals surface area contributed by atoms with Crippen LogP contribution in [0.5, 0.6) is 0 Å². The first-order valence-corrected chi connectivity index (χ1v) is 3.21. The van der Waals surface area contributed by atoms with Crippen LogP contribution in [-0.4, -0.2) is 23.3 Å². The molecule has 0 spiro atoms. The molecule has 0 aliphatic carbocycles. The Balaban J connectivity index is 3.01. The molecular weight excluding hydrogens is 141 g/mol. The van der Waals surface area contributed by atoms with Crippen LogP contribution in [0.1, 0.15) is 10.4 Å². The molecule has 0 amide bonds. The van der Waals surface area contributed by atoms with Gasteiger partial charge in [-0.2, -0.15) is 0 Å². The fourth-order valence-electron chi connectivity index (χ4n) is 0.733. The second-order valence-corrected chi connectivity index (χ2v) is 2.10. The molecule has 1 aromatic heterocycles. The van der Waals surface area contributed by atoms with Crippen molar-refractivity contribution in [3.05, 3.63) is 24.0 Å². The number of carboxylic acids is 1. The lowest BCUT2D eigenvalue weighted by Gasteiger charge is -1.95. The molecule has 1 N–H and O–H groups in total. The van der Waals surface area contributed by atoms with E-state index in [0.717, 1.165) is 5.46 Å². The lowest BCUT2D eigenvalue weighted by molar-refractivity contribution is 0.0696. The predicted octanol–water partition coefficient (Wildman–Crippen LogP) is 0.157. The van der Waals surface area contributed by atoms with E-state index in [0.29, 0.717) is 0 Å². The molecule has 0 saturated heterocycles. The topological polar surface area (TPSA) is 50.2 Å². The molecule has 0 atom stereocenters. The Bertz CT molecular complexity index is 275. The van der Waals surface area contributed by atoms with E-state index in [1.165, 1.54) is 6.20 Å². The summed E-state index contributed by atoms with van der Waals surface area (Å²) in [7, 11) is 1.80. The van der Waals surface area contributed by atoms with Gasteiger partial charge < -0.3 is 5.11 Å². The van der Waals surface area contributed by atoms with Crippen molar-refractivity contribution >= 4 is 18.7 Å². The van der Waals surface area contributed by atoms with Gasteiger partial charge in [-0.1, -0.05) is 18.4 Å². The van der Waals surface area contributed by atoms with Crippen LogP contribution < -0.4 is 5.46 Å². The van der Waals surface area contributed by atoms with Gasteiger partial charge in [0, 0.05) is 12.4 Å². The first-order valence-electron chi connectivity index (χ1n) is 3.21. The number of carbonyl (C=O) groups is 1. The summed E-state index contributed by atoms with van der Waals surface area (Å²) in [4.78, 5) is 14.2. The van der Waals surface area contributed by atoms with Crippen LogP contribution in [0.15, 0.2) is 18.5 Å². The third kappa shape index (κ3) is 1.80. The molecule has 3 nitrogen and oxygen atoms in total. The highest BCUT2D eigenvalue weighted by molar-refractivity contribution is 6.51. The molecule has 0 unspecified atom stereocenters. The average Bonchev–Trinajstić information content (AvgIpc) is 2.05. The second kappa shape index (κ2) is 3.19. The summed E-state index contributed by atoms with van der Waals surface area (Å²) in [6.45, 7) is 1.84. The van der Waals surface area contributed by atoms with Gasteiger partial charge >= 0.3 is 5.97 Å². The van der Waals surface area contributed by atoms with Crippen molar-refractivity contribution in [2.45, 2.75) is 6.82 Å². The maximum Gasteiger partial charge on any atom is 0.337 e. The van der Waals surface area contributed by atoms with E-state index in [1.807, 2.05) is 6.82 Å². The van der Waals surface area contributed by atoms with Gasteiger partial charge in [0.15, 0.2) is 0 Å². The molecular formula is C7H7BNO2. The molecule has 4 heteroatoms. The quantitative estimate of drug-likeness (QED) is 0.607. The molecule has 1 rings (SSSR count). The van der Waals surface area contributed by atoms with E-state index in [1.54, 1.807) is 19.5 Å². The molecule has 0 fully saturated rings. The molecule has 11 heavy (non-hydrogen) atoms. The Morgan fingerprint density at radius 1 is 1.64 bits per heavy atom. The van der Waals surface area contributed by atoms with Crippen LogP contribution in [0.4, 0.5) is 0 Å². The van der Waals surface area contributed by atoms with Crippen molar-refractivity contribution in [2.24, 2.45) is 0 Å². The van der Waals surface area contributed by atoms with Crippen LogP contribution in [0.25, 0.3) is 0 Å². The summed E-state index contributed by atoms with van der Waals surface area (Å²) in [6.07, 6.45) is 2.95. The Morgan fingerprint density at radius 3 is 2.91 bits per heavy atom. The normalized spacial score (nSPS) is 9.18. The highest BCUT2D eigenvalue weighted by atomic mass is 16.4. The number of aromatic carboxylic acids is 1. The Kier molecular flexibility index (Phi) is 2.26. The Morgan fingerprint density at radius 2 is 2.36 bits per heavy atom. The van der Waals surface area contributed by atoms with Crippen LogP contribution in [-0.2, 0) is 0 Å². The Labute approximate surface area is 65.3 Å². The number of pyridine rings is 1. The number of nitrogens with zero attached hydrogens (tertiary/aromatic N) is 1. The van der Waals surface area contributed by atoms with Gasteiger partial charge in [-0.15, -0.1) is 0 Å². The summed E-state index contributed by atoms with van der Waals surface area (Å²) < 4.78 is 0. The summed E-state index contributed by atoms with van der Waals surface area (Å²) >= 11 is 0. The summed E-state index contributed by atoms with van der Waals surface area (Å²) in [5, 5.41) is 8.55. The highest BCUT2D eigenvalue weighted by Gasteiger charge is 2.02. The van der Waals surface area contributed by atoms with Gasteiger partial charge in [-0.05, 0) is 0 Å². The maximum absolute atomic E-state index is 10.4. The molecule has 1 aromatic rings. The van der Waals surface area contributed by atoms with E-state index < -0.39 is 5.97 Å². The number of carboxylic acid groups (broad SMARTS) is 1. The van der Waals surface area contributed by atoms with Gasteiger partial charge in [0.05, 0.1) is 5.56 Å². The fourth-order valence-corrected chi connectivity index (χ4v) is 0.733. The molecule has 0 aliphatic heterocycles. The van der Waals surface area contributed by atoms with E-state index in [9.17, 15) is 4.79 Å². The average molecular weight is 148 g/mol. The minimum atomic E-state index is -0.943. The lowest BCUT2D eigenvalue weighted by Crippen LogP contribution is -2.13. The van der Waals surface area contributed by atoms with Crippen molar-refractivity contribution < 1.29 is 9.90 Å². The van der Waals surface area contributed by atoms with E-state index >= 15 is 0 Å². The first-order chi connectivity index (χ1) is 5.24. The van der Waals surface area contributed by atoms with Crippen molar-refractivity contribution in [3.63, 3.8) is 0 Å². The summed E-state index contributed by atoms with van der Waals surface area (Å²) in [6, 6.07) is 1.58. The highest BCUT2D eigenvalue weighted by Crippen LogP contribution is 1.92.